The normalized spacial score (nSPS) is 10.7. The lowest BCUT2D eigenvalue weighted by atomic mass is 10.1. The standard InChI is InChI=1S/C20H22N4O3/c1-15-12-17(9-8-16-6-3-2-4-7-16)27-20(26)18(15)19(25)21-10-5-11-24-13-22-23-14-24/h2-4,6-7,12-14H,5,8-11H2,1H3,(H,21,25). The van der Waals surface area contributed by atoms with Crippen molar-refractivity contribution in [2.75, 3.05) is 6.54 Å². The molecule has 0 radical (unpaired) electrons. The van der Waals surface area contributed by atoms with E-state index in [4.69, 9.17) is 4.42 Å². The Balaban J connectivity index is 1.56. The van der Waals surface area contributed by atoms with Crippen LogP contribution in [0.2, 0.25) is 0 Å². The summed E-state index contributed by atoms with van der Waals surface area (Å²) in [4.78, 5) is 24.6. The minimum Gasteiger partial charge on any atom is -0.427 e. The van der Waals surface area contributed by atoms with Crippen molar-refractivity contribution in [3.63, 3.8) is 0 Å². The predicted molar refractivity (Wildman–Crippen MR) is 101 cm³/mol. The van der Waals surface area contributed by atoms with E-state index in [-0.39, 0.29) is 5.56 Å². The molecule has 7 nitrogen and oxygen atoms in total. The topological polar surface area (TPSA) is 90.0 Å². The molecular weight excluding hydrogens is 344 g/mol. The summed E-state index contributed by atoms with van der Waals surface area (Å²) in [6, 6.07) is 11.8. The SMILES string of the molecule is Cc1cc(CCc2ccccc2)oc(=O)c1C(=O)NCCCn1cnnc1. The van der Waals surface area contributed by atoms with E-state index in [0.717, 1.165) is 6.42 Å². The van der Waals surface area contributed by atoms with Crippen LogP contribution in [-0.4, -0.2) is 27.2 Å². The Morgan fingerprint density at radius 3 is 2.59 bits per heavy atom. The van der Waals surface area contributed by atoms with Crippen molar-refractivity contribution in [2.45, 2.75) is 32.7 Å². The van der Waals surface area contributed by atoms with Crippen LogP contribution in [0.1, 0.15) is 33.7 Å². The Morgan fingerprint density at radius 1 is 1.15 bits per heavy atom. The lowest BCUT2D eigenvalue weighted by Gasteiger charge is -2.08. The van der Waals surface area contributed by atoms with Crippen molar-refractivity contribution in [2.24, 2.45) is 0 Å². The van der Waals surface area contributed by atoms with Crippen LogP contribution in [0.3, 0.4) is 0 Å². The van der Waals surface area contributed by atoms with Crippen LogP contribution in [0.25, 0.3) is 0 Å². The Kier molecular flexibility index (Phi) is 6.14. The van der Waals surface area contributed by atoms with Crippen molar-refractivity contribution in [3.8, 4) is 0 Å². The molecule has 140 valence electrons. The molecule has 2 heterocycles. The van der Waals surface area contributed by atoms with Gasteiger partial charge in [0.25, 0.3) is 5.91 Å². The fraction of sp³-hybridized carbons (Fsp3) is 0.300. The van der Waals surface area contributed by atoms with Gasteiger partial charge in [-0.3, -0.25) is 4.79 Å². The number of nitrogens with zero attached hydrogens (tertiary/aromatic N) is 3. The smallest absolute Gasteiger partial charge is 0.349 e. The van der Waals surface area contributed by atoms with Crippen molar-refractivity contribution in [1.29, 1.82) is 0 Å². The number of hydrogen-bond acceptors (Lipinski definition) is 5. The number of carbonyl (C=O) groups excluding carboxylic acids is 1. The summed E-state index contributed by atoms with van der Waals surface area (Å²) in [5.41, 5.74) is 1.29. The summed E-state index contributed by atoms with van der Waals surface area (Å²) in [7, 11) is 0. The number of carbonyl (C=O) groups is 1. The summed E-state index contributed by atoms with van der Waals surface area (Å²) in [5.74, 6) is 0.185. The van der Waals surface area contributed by atoms with Gasteiger partial charge in [-0.05, 0) is 37.0 Å². The van der Waals surface area contributed by atoms with Gasteiger partial charge >= 0.3 is 5.63 Å². The molecule has 2 aromatic heterocycles. The first-order valence-corrected chi connectivity index (χ1v) is 8.91. The third-order valence-corrected chi connectivity index (χ3v) is 4.27. The van der Waals surface area contributed by atoms with E-state index in [1.54, 1.807) is 25.6 Å². The third-order valence-electron chi connectivity index (χ3n) is 4.27. The van der Waals surface area contributed by atoms with E-state index in [2.05, 4.69) is 15.5 Å². The minimum atomic E-state index is -0.589. The van der Waals surface area contributed by atoms with E-state index in [1.807, 2.05) is 34.9 Å². The van der Waals surface area contributed by atoms with E-state index in [1.165, 1.54) is 5.56 Å². The maximum absolute atomic E-state index is 12.3. The van der Waals surface area contributed by atoms with Gasteiger partial charge in [0.1, 0.15) is 24.0 Å². The van der Waals surface area contributed by atoms with Crippen molar-refractivity contribution < 1.29 is 9.21 Å². The second-order valence-corrected chi connectivity index (χ2v) is 6.35. The average molecular weight is 366 g/mol. The zero-order valence-corrected chi connectivity index (χ0v) is 15.2. The van der Waals surface area contributed by atoms with Gasteiger partial charge in [0.05, 0.1) is 0 Å². The largest absolute Gasteiger partial charge is 0.427 e. The molecule has 0 atom stereocenters. The Hall–Kier alpha value is -3.22. The Morgan fingerprint density at radius 2 is 1.89 bits per heavy atom. The van der Waals surface area contributed by atoms with Crippen LogP contribution >= 0.6 is 0 Å². The number of hydrogen-bond donors (Lipinski definition) is 1. The fourth-order valence-electron chi connectivity index (χ4n) is 2.87. The van der Waals surface area contributed by atoms with Crippen molar-refractivity contribution in [3.05, 3.63) is 81.9 Å². The number of amides is 1. The van der Waals surface area contributed by atoms with E-state index in [0.29, 0.717) is 37.3 Å². The lowest BCUT2D eigenvalue weighted by Crippen LogP contribution is -2.30. The zero-order chi connectivity index (χ0) is 19.1. The minimum absolute atomic E-state index is 0.0720. The summed E-state index contributed by atoms with van der Waals surface area (Å²) in [6.45, 7) is 2.90. The quantitative estimate of drug-likeness (QED) is 0.617. The highest BCUT2D eigenvalue weighted by molar-refractivity contribution is 5.95. The zero-order valence-electron chi connectivity index (χ0n) is 15.2. The molecule has 1 amide bonds. The Labute approximate surface area is 157 Å². The van der Waals surface area contributed by atoms with Crippen LogP contribution in [0.15, 0.2) is 58.3 Å². The monoisotopic (exact) mass is 366 g/mol. The molecule has 3 rings (SSSR count). The van der Waals surface area contributed by atoms with Crippen LogP contribution in [0, 0.1) is 6.92 Å². The van der Waals surface area contributed by atoms with Crippen molar-refractivity contribution in [1.82, 2.24) is 20.1 Å². The second-order valence-electron chi connectivity index (χ2n) is 6.35. The molecule has 1 aromatic carbocycles. The highest BCUT2D eigenvalue weighted by Crippen LogP contribution is 2.10. The van der Waals surface area contributed by atoms with Gasteiger partial charge in [0.15, 0.2) is 0 Å². The van der Waals surface area contributed by atoms with Gasteiger partial charge in [-0.15, -0.1) is 10.2 Å². The van der Waals surface area contributed by atoms with Gasteiger partial charge in [-0.25, -0.2) is 4.79 Å². The van der Waals surface area contributed by atoms with Gasteiger partial charge < -0.3 is 14.3 Å². The van der Waals surface area contributed by atoms with E-state index in [9.17, 15) is 9.59 Å². The van der Waals surface area contributed by atoms with Gasteiger partial charge in [0, 0.05) is 19.5 Å². The van der Waals surface area contributed by atoms with Crippen LogP contribution in [-0.2, 0) is 19.4 Å². The summed E-state index contributed by atoms with van der Waals surface area (Å²) in [5, 5.41) is 10.2. The first kappa shape index (κ1) is 18.6. The highest BCUT2D eigenvalue weighted by Gasteiger charge is 2.16. The molecule has 0 aliphatic rings. The lowest BCUT2D eigenvalue weighted by molar-refractivity contribution is 0.0947. The Bertz CT molecular complexity index is 934. The highest BCUT2D eigenvalue weighted by atomic mass is 16.4. The molecule has 0 saturated carbocycles. The van der Waals surface area contributed by atoms with Crippen LogP contribution in [0.4, 0.5) is 0 Å². The van der Waals surface area contributed by atoms with Gasteiger partial charge in [-0.2, -0.15) is 0 Å². The first-order chi connectivity index (χ1) is 13.1. The molecule has 0 aliphatic heterocycles. The van der Waals surface area contributed by atoms with E-state index >= 15 is 0 Å². The second kappa shape index (κ2) is 8.93. The molecule has 0 bridgehead atoms. The molecule has 0 aliphatic carbocycles. The fourth-order valence-corrected chi connectivity index (χ4v) is 2.87. The third kappa shape index (κ3) is 5.13. The summed E-state index contributed by atoms with van der Waals surface area (Å²) < 4.78 is 7.19. The van der Waals surface area contributed by atoms with Crippen LogP contribution < -0.4 is 10.9 Å². The molecule has 0 fully saturated rings. The maximum atomic E-state index is 12.3. The summed E-state index contributed by atoms with van der Waals surface area (Å²) >= 11 is 0. The number of benzene rings is 1. The molecule has 7 heteroatoms. The molecule has 0 unspecified atom stereocenters. The number of nitrogens with one attached hydrogen (secondary N) is 1. The average Bonchev–Trinajstić information content (AvgIpc) is 3.17. The molecule has 3 aromatic rings. The number of aromatic nitrogens is 3. The maximum Gasteiger partial charge on any atom is 0.349 e. The van der Waals surface area contributed by atoms with Gasteiger partial charge in [-0.1, -0.05) is 30.3 Å². The molecular formula is C20H22N4O3. The van der Waals surface area contributed by atoms with Crippen molar-refractivity contribution >= 4 is 5.91 Å². The number of aryl methyl sites for hydroxylation is 4. The molecule has 27 heavy (non-hydrogen) atoms. The number of rotatable bonds is 8. The predicted octanol–water partition coefficient (Wildman–Crippen LogP) is 2.15. The molecule has 0 saturated heterocycles. The molecule has 1 N–H and O–H groups in total. The van der Waals surface area contributed by atoms with Gasteiger partial charge in [0.2, 0.25) is 0 Å². The summed E-state index contributed by atoms with van der Waals surface area (Å²) in [6.07, 6.45) is 5.34. The molecule has 0 spiro atoms. The van der Waals surface area contributed by atoms with E-state index < -0.39 is 11.5 Å². The van der Waals surface area contributed by atoms with Crippen LogP contribution in [0.5, 0.6) is 0 Å². The first-order valence-electron chi connectivity index (χ1n) is 8.91.